The van der Waals surface area contributed by atoms with E-state index in [-0.39, 0.29) is 36.5 Å². The molecule has 0 aromatic rings. The Morgan fingerprint density at radius 3 is 2.76 bits per heavy atom. The third kappa shape index (κ3) is 4.12. The van der Waals surface area contributed by atoms with Crippen LogP contribution in [-0.4, -0.2) is 37.2 Å². The van der Waals surface area contributed by atoms with Gasteiger partial charge in [0.1, 0.15) is 0 Å². The van der Waals surface area contributed by atoms with Crippen molar-refractivity contribution in [2.45, 2.75) is 57.2 Å². The van der Waals surface area contributed by atoms with Gasteiger partial charge in [0.15, 0.2) is 0 Å². The number of nitrogens with one attached hydrogen (secondary N) is 2. The molecule has 2 fully saturated rings. The molecule has 0 spiro atoms. The number of rotatable bonds is 3. The van der Waals surface area contributed by atoms with Gasteiger partial charge in [-0.1, -0.05) is 6.42 Å². The molecule has 0 saturated carbocycles. The molecule has 2 saturated heterocycles. The summed E-state index contributed by atoms with van der Waals surface area (Å²) < 4.78 is 5.57. The fraction of sp³-hybridized carbons (Fsp3) is 0.917. The average Bonchev–Trinajstić information content (AvgIpc) is 2.83. The van der Waals surface area contributed by atoms with Gasteiger partial charge < -0.3 is 15.4 Å². The highest BCUT2D eigenvalue weighted by Crippen LogP contribution is 2.16. The van der Waals surface area contributed by atoms with Gasteiger partial charge in [-0.05, 0) is 39.2 Å². The molecular weight excluding hydrogens is 240 g/mol. The summed E-state index contributed by atoms with van der Waals surface area (Å²) in [7, 11) is 0. The van der Waals surface area contributed by atoms with E-state index in [1.165, 1.54) is 6.42 Å². The molecule has 0 aromatic carbocycles. The van der Waals surface area contributed by atoms with Crippen LogP contribution in [0.3, 0.4) is 0 Å². The van der Waals surface area contributed by atoms with Crippen molar-refractivity contribution in [3.63, 3.8) is 0 Å². The van der Waals surface area contributed by atoms with Crippen molar-refractivity contribution in [1.29, 1.82) is 0 Å². The number of piperidine rings is 1. The first-order valence-electron chi connectivity index (χ1n) is 6.43. The maximum absolute atomic E-state index is 11.9. The largest absolute Gasteiger partial charge is 0.376 e. The van der Waals surface area contributed by atoms with E-state index in [1.807, 2.05) is 6.92 Å². The summed E-state index contributed by atoms with van der Waals surface area (Å²) in [5.41, 5.74) is 0. The van der Waals surface area contributed by atoms with Crippen LogP contribution in [0.1, 0.15) is 39.0 Å². The van der Waals surface area contributed by atoms with E-state index in [0.717, 1.165) is 38.8 Å². The lowest BCUT2D eigenvalue weighted by molar-refractivity contribution is -0.125. The standard InChI is InChI=1S/C12H22N2O2.ClH/c1-9(11-6-4-8-16-11)14-12(15)10-5-2-3-7-13-10;/h9-11,13H,2-8H2,1H3,(H,14,15);1H/t9?,10-,11?;/m0./s1. The fourth-order valence-corrected chi connectivity index (χ4v) is 2.49. The number of ether oxygens (including phenoxy) is 1. The van der Waals surface area contributed by atoms with Crippen molar-refractivity contribution >= 4 is 18.3 Å². The lowest BCUT2D eigenvalue weighted by Gasteiger charge is -2.26. The Bertz CT molecular complexity index is 239. The summed E-state index contributed by atoms with van der Waals surface area (Å²) in [5.74, 6) is 0.141. The van der Waals surface area contributed by atoms with Gasteiger partial charge in [0, 0.05) is 6.61 Å². The predicted octanol–water partition coefficient (Wildman–Crippen LogP) is 1.23. The molecule has 3 atom stereocenters. The van der Waals surface area contributed by atoms with E-state index >= 15 is 0 Å². The van der Waals surface area contributed by atoms with Crippen LogP contribution in [0.25, 0.3) is 0 Å². The minimum absolute atomic E-state index is 0. The Morgan fingerprint density at radius 2 is 2.18 bits per heavy atom. The highest BCUT2D eigenvalue weighted by molar-refractivity contribution is 5.85. The van der Waals surface area contributed by atoms with Crippen LogP contribution >= 0.6 is 12.4 Å². The van der Waals surface area contributed by atoms with Gasteiger partial charge in [-0.3, -0.25) is 4.79 Å². The van der Waals surface area contributed by atoms with Gasteiger partial charge in [0.2, 0.25) is 5.91 Å². The average molecular weight is 263 g/mol. The van der Waals surface area contributed by atoms with Crippen molar-refractivity contribution in [3.8, 4) is 0 Å². The Morgan fingerprint density at radius 1 is 1.35 bits per heavy atom. The molecule has 17 heavy (non-hydrogen) atoms. The zero-order chi connectivity index (χ0) is 11.4. The molecule has 2 heterocycles. The molecule has 0 aliphatic carbocycles. The molecule has 4 nitrogen and oxygen atoms in total. The number of amides is 1. The van der Waals surface area contributed by atoms with Crippen LogP contribution in [0.15, 0.2) is 0 Å². The molecule has 2 N–H and O–H groups in total. The van der Waals surface area contributed by atoms with Gasteiger partial charge >= 0.3 is 0 Å². The number of carbonyl (C=O) groups excluding carboxylic acids is 1. The second-order valence-electron chi connectivity index (χ2n) is 4.85. The van der Waals surface area contributed by atoms with Gasteiger partial charge in [-0.2, -0.15) is 0 Å². The second-order valence-corrected chi connectivity index (χ2v) is 4.85. The number of carbonyl (C=O) groups is 1. The number of hydrogen-bond acceptors (Lipinski definition) is 3. The van der Waals surface area contributed by atoms with Crippen molar-refractivity contribution in [1.82, 2.24) is 10.6 Å². The Balaban J connectivity index is 0.00000144. The number of hydrogen-bond donors (Lipinski definition) is 2. The zero-order valence-electron chi connectivity index (χ0n) is 10.4. The van der Waals surface area contributed by atoms with Gasteiger partial charge in [-0.25, -0.2) is 0 Å². The van der Waals surface area contributed by atoms with Gasteiger partial charge in [0.05, 0.1) is 18.2 Å². The smallest absolute Gasteiger partial charge is 0.237 e. The van der Waals surface area contributed by atoms with Crippen LogP contribution in [0.5, 0.6) is 0 Å². The van der Waals surface area contributed by atoms with Crippen LogP contribution in [-0.2, 0) is 9.53 Å². The summed E-state index contributed by atoms with van der Waals surface area (Å²) in [5, 5.41) is 6.33. The highest BCUT2D eigenvalue weighted by Gasteiger charge is 2.27. The Labute approximate surface area is 109 Å². The van der Waals surface area contributed by atoms with E-state index in [9.17, 15) is 4.79 Å². The van der Waals surface area contributed by atoms with E-state index in [2.05, 4.69) is 10.6 Å². The maximum Gasteiger partial charge on any atom is 0.237 e. The molecule has 0 bridgehead atoms. The fourth-order valence-electron chi connectivity index (χ4n) is 2.49. The minimum Gasteiger partial charge on any atom is -0.376 e. The van der Waals surface area contributed by atoms with Crippen LogP contribution in [0.4, 0.5) is 0 Å². The maximum atomic E-state index is 11.9. The van der Waals surface area contributed by atoms with Crippen molar-refractivity contribution in [2.75, 3.05) is 13.2 Å². The molecule has 2 rings (SSSR count). The van der Waals surface area contributed by atoms with Crippen molar-refractivity contribution < 1.29 is 9.53 Å². The SMILES string of the molecule is CC(NC(=O)[C@@H]1CCCCN1)C1CCCO1.Cl. The first-order chi connectivity index (χ1) is 7.77. The summed E-state index contributed by atoms with van der Waals surface area (Å²) in [6.07, 6.45) is 5.70. The quantitative estimate of drug-likeness (QED) is 0.805. The number of halogens is 1. The van der Waals surface area contributed by atoms with Gasteiger partial charge in [0.25, 0.3) is 0 Å². The molecule has 100 valence electrons. The van der Waals surface area contributed by atoms with Crippen LogP contribution < -0.4 is 10.6 Å². The van der Waals surface area contributed by atoms with Crippen molar-refractivity contribution in [2.24, 2.45) is 0 Å². The molecule has 1 amide bonds. The molecule has 0 aromatic heterocycles. The molecule has 2 aliphatic rings. The minimum atomic E-state index is 0. The monoisotopic (exact) mass is 262 g/mol. The third-order valence-electron chi connectivity index (χ3n) is 3.52. The summed E-state index contributed by atoms with van der Waals surface area (Å²) in [4.78, 5) is 11.9. The van der Waals surface area contributed by atoms with E-state index in [0.29, 0.717) is 0 Å². The van der Waals surface area contributed by atoms with Crippen LogP contribution in [0, 0.1) is 0 Å². The first-order valence-corrected chi connectivity index (χ1v) is 6.43. The molecule has 2 aliphatic heterocycles. The lowest BCUT2D eigenvalue weighted by atomic mass is 10.0. The highest BCUT2D eigenvalue weighted by atomic mass is 35.5. The van der Waals surface area contributed by atoms with Gasteiger partial charge in [-0.15, -0.1) is 12.4 Å². The summed E-state index contributed by atoms with van der Waals surface area (Å²) in [6.45, 7) is 3.84. The second kappa shape index (κ2) is 7.19. The summed E-state index contributed by atoms with van der Waals surface area (Å²) >= 11 is 0. The Kier molecular flexibility index (Phi) is 6.23. The molecule has 5 heteroatoms. The lowest BCUT2D eigenvalue weighted by Crippen LogP contribution is -2.51. The van der Waals surface area contributed by atoms with Crippen molar-refractivity contribution in [3.05, 3.63) is 0 Å². The topological polar surface area (TPSA) is 50.4 Å². The van der Waals surface area contributed by atoms with Crippen LogP contribution in [0.2, 0.25) is 0 Å². The molecular formula is C12H23ClN2O2. The first kappa shape index (κ1) is 14.7. The van der Waals surface area contributed by atoms with E-state index in [4.69, 9.17) is 4.74 Å². The zero-order valence-corrected chi connectivity index (χ0v) is 11.2. The molecule has 0 radical (unpaired) electrons. The normalized spacial score (nSPS) is 30.4. The Hall–Kier alpha value is -0.320. The summed E-state index contributed by atoms with van der Waals surface area (Å²) in [6, 6.07) is 0.149. The third-order valence-corrected chi connectivity index (χ3v) is 3.52. The van der Waals surface area contributed by atoms with E-state index in [1.54, 1.807) is 0 Å². The predicted molar refractivity (Wildman–Crippen MR) is 69.5 cm³/mol. The molecule has 2 unspecified atom stereocenters. The van der Waals surface area contributed by atoms with E-state index < -0.39 is 0 Å².